The molecule has 0 aliphatic carbocycles. The number of nitrogens with one attached hydrogen (secondary N) is 1. The second-order valence-corrected chi connectivity index (χ2v) is 3.84. The highest BCUT2D eigenvalue weighted by atomic mass is 15.1. The maximum atomic E-state index is 5.58. The molecule has 1 unspecified atom stereocenters. The highest BCUT2D eigenvalue weighted by Gasteiger charge is 2.05. The summed E-state index contributed by atoms with van der Waals surface area (Å²) < 4.78 is 1.98. The molecule has 5 N–H and O–H groups in total. The Kier molecular flexibility index (Phi) is 3.08. The lowest BCUT2D eigenvalue weighted by Crippen LogP contribution is -2.22. The molecule has 0 fully saturated rings. The fourth-order valence-electron chi connectivity index (χ4n) is 1.57. The van der Waals surface area contributed by atoms with Crippen LogP contribution in [0.3, 0.4) is 0 Å². The van der Waals surface area contributed by atoms with E-state index >= 15 is 0 Å². The Labute approximate surface area is 98.9 Å². The monoisotopic (exact) mass is 233 g/mol. The Morgan fingerprint density at radius 2 is 2.24 bits per heavy atom. The van der Waals surface area contributed by atoms with Gasteiger partial charge in [-0.2, -0.15) is 9.97 Å². The van der Waals surface area contributed by atoms with Crippen LogP contribution in [0, 0.1) is 0 Å². The van der Waals surface area contributed by atoms with Crippen molar-refractivity contribution in [3.05, 3.63) is 24.8 Å². The fraction of sp³-hybridized carbons (Fsp3) is 0.300. The van der Waals surface area contributed by atoms with Crippen LogP contribution in [-0.4, -0.2) is 25.6 Å². The van der Waals surface area contributed by atoms with Crippen LogP contribution in [0.15, 0.2) is 24.8 Å². The van der Waals surface area contributed by atoms with E-state index in [1.165, 1.54) is 0 Å². The van der Waals surface area contributed by atoms with Crippen molar-refractivity contribution in [3.8, 4) is 0 Å². The van der Waals surface area contributed by atoms with E-state index in [-0.39, 0.29) is 12.0 Å². The second-order valence-electron chi connectivity index (χ2n) is 3.84. The topological polar surface area (TPSA) is 108 Å². The first-order valence-electron chi connectivity index (χ1n) is 5.26. The van der Waals surface area contributed by atoms with Gasteiger partial charge in [0.05, 0.1) is 6.33 Å². The van der Waals surface area contributed by atoms with Gasteiger partial charge in [0.15, 0.2) is 0 Å². The molecular weight excluding hydrogens is 218 g/mol. The average Bonchev–Trinajstić information content (AvgIpc) is 2.67. The van der Waals surface area contributed by atoms with Crippen LogP contribution in [0.1, 0.15) is 6.92 Å². The summed E-state index contributed by atoms with van der Waals surface area (Å²) in [6, 6.07) is 1.83. The predicted molar refractivity (Wildman–Crippen MR) is 66.2 cm³/mol. The van der Waals surface area contributed by atoms with Crippen LogP contribution in [0.2, 0.25) is 0 Å². The third-order valence-corrected chi connectivity index (χ3v) is 2.20. The molecule has 0 bridgehead atoms. The van der Waals surface area contributed by atoms with Gasteiger partial charge in [-0.05, 0) is 6.92 Å². The molecule has 0 aliphatic heterocycles. The van der Waals surface area contributed by atoms with Gasteiger partial charge in [-0.25, -0.2) is 4.98 Å². The van der Waals surface area contributed by atoms with E-state index in [1.54, 1.807) is 18.6 Å². The second kappa shape index (κ2) is 4.69. The molecule has 0 amide bonds. The third kappa shape index (κ3) is 3.07. The van der Waals surface area contributed by atoms with Gasteiger partial charge in [-0.3, -0.25) is 0 Å². The van der Waals surface area contributed by atoms with Crippen LogP contribution in [0.25, 0.3) is 0 Å². The summed E-state index contributed by atoms with van der Waals surface area (Å²) in [5, 5.41) is 3.20. The summed E-state index contributed by atoms with van der Waals surface area (Å²) in [5.41, 5.74) is 11.1. The number of aromatic nitrogens is 4. The Hall–Kier alpha value is -2.31. The number of hydrogen-bond donors (Lipinski definition) is 3. The van der Waals surface area contributed by atoms with E-state index in [9.17, 15) is 0 Å². The smallest absolute Gasteiger partial charge is 0.223 e. The maximum absolute atomic E-state index is 5.58. The molecule has 2 aromatic heterocycles. The molecule has 0 spiro atoms. The zero-order valence-corrected chi connectivity index (χ0v) is 9.54. The van der Waals surface area contributed by atoms with Gasteiger partial charge >= 0.3 is 0 Å². The van der Waals surface area contributed by atoms with Crippen LogP contribution in [0.4, 0.5) is 17.6 Å². The van der Waals surface area contributed by atoms with Crippen molar-refractivity contribution in [3.63, 3.8) is 0 Å². The predicted octanol–water partition coefficient (Wildman–Crippen LogP) is 0.338. The van der Waals surface area contributed by atoms with Gasteiger partial charge in [0.25, 0.3) is 0 Å². The molecule has 1 atom stereocenters. The van der Waals surface area contributed by atoms with Crippen LogP contribution in [-0.2, 0) is 6.54 Å². The summed E-state index contributed by atoms with van der Waals surface area (Å²) in [7, 11) is 0. The van der Waals surface area contributed by atoms with Gasteiger partial charge in [-0.1, -0.05) is 0 Å². The van der Waals surface area contributed by atoms with E-state index in [4.69, 9.17) is 11.5 Å². The van der Waals surface area contributed by atoms with E-state index < -0.39 is 0 Å². The molecule has 0 radical (unpaired) electrons. The quantitative estimate of drug-likeness (QED) is 0.702. The van der Waals surface area contributed by atoms with Crippen LogP contribution >= 0.6 is 0 Å². The average molecular weight is 233 g/mol. The minimum absolute atomic E-state index is 0.169. The van der Waals surface area contributed by atoms with E-state index in [0.717, 1.165) is 6.54 Å². The normalized spacial score (nSPS) is 12.3. The largest absolute Gasteiger partial charge is 0.383 e. The van der Waals surface area contributed by atoms with E-state index in [2.05, 4.69) is 20.3 Å². The van der Waals surface area contributed by atoms with Crippen molar-refractivity contribution in [2.75, 3.05) is 16.8 Å². The minimum Gasteiger partial charge on any atom is -0.383 e. The van der Waals surface area contributed by atoms with Gasteiger partial charge in [0.1, 0.15) is 11.6 Å². The van der Waals surface area contributed by atoms with Crippen molar-refractivity contribution in [2.45, 2.75) is 19.5 Å². The molecule has 7 heteroatoms. The summed E-state index contributed by atoms with van der Waals surface area (Å²) in [6.07, 6.45) is 5.41. The Bertz CT molecular complexity index is 459. The lowest BCUT2D eigenvalue weighted by molar-refractivity contribution is 0.617. The number of rotatable bonds is 4. The standard InChI is InChI=1S/C10H15N7/c1-7(5-17-3-2-13-6-17)14-9-4-8(11)15-10(12)16-9/h2-4,6-7H,5H2,1H3,(H5,11,12,14,15,16). The Balaban J connectivity index is 2.00. The van der Waals surface area contributed by atoms with Crippen molar-refractivity contribution < 1.29 is 0 Å². The molecule has 2 aromatic rings. The summed E-state index contributed by atoms with van der Waals surface area (Å²) >= 11 is 0. The highest BCUT2D eigenvalue weighted by Crippen LogP contribution is 2.10. The zero-order valence-electron chi connectivity index (χ0n) is 9.54. The van der Waals surface area contributed by atoms with Gasteiger partial charge in [0, 0.05) is 31.0 Å². The van der Waals surface area contributed by atoms with Crippen molar-refractivity contribution in [1.82, 2.24) is 19.5 Å². The molecule has 7 nitrogen and oxygen atoms in total. The van der Waals surface area contributed by atoms with Gasteiger partial charge < -0.3 is 21.4 Å². The maximum Gasteiger partial charge on any atom is 0.223 e. The van der Waals surface area contributed by atoms with Gasteiger partial charge in [-0.15, -0.1) is 0 Å². The fourth-order valence-corrected chi connectivity index (χ4v) is 1.57. The Morgan fingerprint density at radius 1 is 1.41 bits per heavy atom. The molecule has 2 rings (SSSR count). The van der Waals surface area contributed by atoms with Crippen molar-refractivity contribution >= 4 is 17.6 Å². The number of nitrogens with zero attached hydrogens (tertiary/aromatic N) is 4. The van der Waals surface area contributed by atoms with Gasteiger partial charge in [0.2, 0.25) is 5.95 Å². The van der Waals surface area contributed by atoms with Crippen LogP contribution < -0.4 is 16.8 Å². The molecule has 0 saturated heterocycles. The molecule has 0 aliphatic rings. The summed E-state index contributed by atoms with van der Waals surface area (Å²) in [4.78, 5) is 11.8. The first-order valence-corrected chi connectivity index (χ1v) is 5.26. The first kappa shape index (κ1) is 11.2. The zero-order chi connectivity index (χ0) is 12.3. The highest BCUT2D eigenvalue weighted by molar-refractivity contribution is 5.48. The van der Waals surface area contributed by atoms with E-state index in [1.807, 2.05) is 17.7 Å². The molecular formula is C10H15N7. The van der Waals surface area contributed by atoms with Crippen molar-refractivity contribution in [2.24, 2.45) is 0 Å². The molecule has 17 heavy (non-hydrogen) atoms. The lowest BCUT2D eigenvalue weighted by atomic mass is 10.3. The molecule has 90 valence electrons. The van der Waals surface area contributed by atoms with Crippen molar-refractivity contribution in [1.29, 1.82) is 0 Å². The number of anilines is 3. The Morgan fingerprint density at radius 3 is 2.88 bits per heavy atom. The minimum atomic E-state index is 0.169. The lowest BCUT2D eigenvalue weighted by Gasteiger charge is -2.15. The summed E-state index contributed by atoms with van der Waals surface area (Å²) in [6.45, 7) is 2.82. The first-order chi connectivity index (χ1) is 8.13. The number of nitrogen functional groups attached to an aromatic ring is 2. The molecule has 2 heterocycles. The van der Waals surface area contributed by atoms with Crippen LogP contribution in [0.5, 0.6) is 0 Å². The SMILES string of the molecule is CC(Cn1ccnc1)Nc1cc(N)nc(N)n1. The molecule has 0 aromatic carbocycles. The number of nitrogens with two attached hydrogens (primary N) is 2. The third-order valence-electron chi connectivity index (χ3n) is 2.20. The number of imidazole rings is 1. The molecule has 0 saturated carbocycles. The summed E-state index contributed by atoms with van der Waals surface area (Å²) in [5.74, 6) is 1.15. The number of hydrogen-bond acceptors (Lipinski definition) is 6. The van der Waals surface area contributed by atoms with E-state index in [0.29, 0.717) is 11.6 Å².